The molecule has 0 saturated carbocycles. The predicted octanol–water partition coefficient (Wildman–Crippen LogP) is 3.91. The summed E-state index contributed by atoms with van der Waals surface area (Å²) in [7, 11) is 3.23. The summed E-state index contributed by atoms with van der Waals surface area (Å²) in [6.07, 6.45) is 2.00. The molecular formula is C19H18N4O2S. The molecule has 0 atom stereocenters. The Labute approximate surface area is 155 Å². The predicted molar refractivity (Wildman–Crippen MR) is 107 cm³/mol. The van der Waals surface area contributed by atoms with Gasteiger partial charge in [0.25, 0.3) is 0 Å². The second kappa shape index (κ2) is 7.13. The van der Waals surface area contributed by atoms with Crippen LogP contribution in [0, 0.1) is 0 Å². The summed E-state index contributed by atoms with van der Waals surface area (Å²) < 4.78 is 10.6. The molecule has 0 aliphatic carbocycles. The van der Waals surface area contributed by atoms with Crippen LogP contribution in [0.1, 0.15) is 5.56 Å². The molecule has 0 spiro atoms. The van der Waals surface area contributed by atoms with Crippen LogP contribution in [0.3, 0.4) is 0 Å². The molecule has 2 aromatic carbocycles. The summed E-state index contributed by atoms with van der Waals surface area (Å²) in [5, 5.41) is 6.44. The largest absolute Gasteiger partial charge is 0.493 e. The van der Waals surface area contributed by atoms with Gasteiger partial charge in [-0.3, -0.25) is 5.43 Å². The van der Waals surface area contributed by atoms with Crippen LogP contribution >= 0.6 is 11.8 Å². The quantitative estimate of drug-likeness (QED) is 0.734. The Morgan fingerprint density at radius 3 is 2.69 bits per heavy atom. The Hall–Kier alpha value is -2.93. The summed E-state index contributed by atoms with van der Waals surface area (Å²) in [6, 6.07) is 13.8. The average molecular weight is 366 g/mol. The number of hydrogen-bond acceptors (Lipinski definition) is 5. The molecule has 0 fully saturated rings. The first-order chi connectivity index (χ1) is 12.8. The number of benzene rings is 2. The van der Waals surface area contributed by atoms with Crippen LogP contribution in [-0.4, -0.2) is 35.8 Å². The van der Waals surface area contributed by atoms with E-state index in [4.69, 9.17) is 9.47 Å². The molecule has 7 heteroatoms. The lowest BCUT2D eigenvalue weighted by Crippen LogP contribution is -2.25. The molecule has 0 saturated heterocycles. The molecule has 3 aromatic rings. The van der Waals surface area contributed by atoms with E-state index in [2.05, 4.69) is 32.6 Å². The minimum absolute atomic E-state index is 0.651. The molecule has 6 nitrogen and oxygen atoms in total. The van der Waals surface area contributed by atoms with Crippen molar-refractivity contribution < 1.29 is 9.47 Å². The summed E-state index contributed by atoms with van der Waals surface area (Å²) in [5.74, 6) is 2.08. The average Bonchev–Trinajstić information content (AvgIpc) is 3.12. The molecule has 2 N–H and O–H groups in total. The molecule has 0 radical (unpaired) electrons. The number of thioether (sulfide) groups is 1. The summed E-state index contributed by atoms with van der Waals surface area (Å²) in [5.41, 5.74) is 7.06. The number of para-hydroxylation sites is 1. The van der Waals surface area contributed by atoms with Gasteiger partial charge < -0.3 is 14.5 Å². The van der Waals surface area contributed by atoms with Crippen LogP contribution in [0.2, 0.25) is 0 Å². The standard InChI is InChI=1S/C19H18N4O2S/c1-24-17-8-7-12(9-18(17)25-2)21-19-23-22-16(11-26-19)14-10-20-15-6-4-3-5-13(14)15/h3-10,20H,11H2,1-2H3,(H,21,23). The lowest BCUT2D eigenvalue weighted by Gasteiger charge is -2.14. The first-order valence-corrected chi connectivity index (χ1v) is 9.09. The van der Waals surface area contributed by atoms with E-state index in [1.807, 2.05) is 36.5 Å². The Bertz CT molecular complexity index is 1010. The van der Waals surface area contributed by atoms with Gasteiger partial charge in [0.05, 0.1) is 25.6 Å². The van der Waals surface area contributed by atoms with Crippen molar-refractivity contribution in [2.45, 2.75) is 0 Å². The van der Waals surface area contributed by atoms with Crippen LogP contribution in [0.25, 0.3) is 10.9 Å². The van der Waals surface area contributed by atoms with E-state index < -0.39 is 0 Å². The first-order valence-electron chi connectivity index (χ1n) is 8.11. The third kappa shape index (κ3) is 3.13. The number of ether oxygens (including phenoxy) is 2. The van der Waals surface area contributed by atoms with Gasteiger partial charge in [-0.25, -0.2) is 4.99 Å². The van der Waals surface area contributed by atoms with Crippen molar-refractivity contribution in [3.05, 3.63) is 54.2 Å². The Morgan fingerprint density at radius 1 is 1.08 bits per heavy atom. The van der Waals surface area contributed by atoms with Crippen molar-refractivity contribution in [3.63, 3.8) is 0 Å². The van der Waals surface area contributed by atoms with Gasteiger partial charge in [0.1, 0.15) is 0 Å². The Kier molecular flexibility index (Phi) is 4.53. The highest BCUT2D eigenvalue weighted by molar-refractivity contribution is 8.14. The number of amidine groups is 1. The fourth-order valence-corrected chi connectivity index (χ4v) is 3.61. The lowest BCUT2D eigenvalue weighted by molar-refractivity contribution is 0.355. The van der Waals surface area contributed by atoms with Gasteiger partial charge in [-0.1, -0.05) is 30.0 Å². The van der Waals surface area contributed by atoms with Gasteiger partial charge in [0.2, 0.25) is 0 Å². The molecule has 2 heterocycles. The number of H-pyrrole nitrogens is 1. The van der Waals surface area contributed by atoms with E-state index >= 15 is 0 Å². The molecular weight excluding hydrogens is 348 g/mol. The third-order valence-electron chi connectivity index (χ3n) is 4.13. The van der Waals surface area contributed by atoms with Crippen LogP contribution in [0.4, 0.5) is 5.69 Å². The minimum atomic E-state index is 0.651. The van der Waals surface area contributed by atoms with Crippen molar-refractivity contribution in [2.24, 2.45) is 10.1 Å². The highest BCUT2D eigenvalue weighted by atomic mass is 32.2. The number of aromatic amines is 1. The van der Waals surface area contributed by atoms with Gasteiger partial charge in [-0.05, 0) is 18.2 Å². The van der Waals surface area contributed by atoms with Crippen molar-refractivity contribution in [1.82, 2.24) is 10.4 Å². The fraction of sp³-hybridized carbons (Fsp3) is 0.158. The smallest absolute Gasteiger partial charge is 0.182 e. The highest BCUT2D eigenvalue weighted by Gasteiger charge is 2.16. The number of nitrogens with one attached hydrogen (secondary N) is 2. The molecule has 1 aromatic heterocycles. The zero-order chi connectivity index (χ0) is 17.9. The van der Waals surface area contributed by atoms with E-state index in [-0.39, 0.29) is 0 Å². The Balaban J connectivity index is 1.56. The van der Waals surface area contributed by atoms with Crippen molar-refractivity contribution in [3.8, 4) is 11.5 Å². The zero-order valence-corrected chi connectivity index (χ0v) is 15.3. The van der Waals surface area contributed by atoms with Gasteiger partial charge in [0.15, 0.2) is 16.7 Å². The number of hydrogen-bond donors (Lipinski definition) is 2. The van der Waals surface area contributed by atoms with Crippen LogP contribution < -0.4 is 14.9 Å². The van der Waals surface area contributed by atoms with E-state index in [1.165, 1.54) is 5.39 Å². The number of methoxy groups -OCH3 is 2. The van der Waals surface area contributed by atoms with Crippen molar-refractivity contribution in [2.75, 3.05) is 20.0 Å². The van der Waals surface area contributed by atoms with Crippen molar-refractivity contribution >= 4 is 39.2 Å². The number of aliphatic imine (C=N–C) groups is 1. The molecule has 4 rings (SSSR count). The maximum atomic E-state index is 5.32. The molecule has 1 aliphatic rings. The lowest BCUT2D eigenvalue weighted by atomic mass is 10.1. The monoisotopic (exact) mass is 366 g/mol. The number of aromatic nitrogens is 1. The van der Waals surface area contributed by atoms with E-state index in [1.54, 1.807) is 26.0 Å². The summed E-state index contributed by atoms with van der Waals surface area (Å²) >= 11 is 1.62. The topological polar surface area (TPSA) is 71.0 Å². The third-order valence-corrected chi connectivity index (χ3v) is 5.00. The van der Waals surface area contributed by atoms with Gasteiger partial charge in [-0.15, -0.1) is 0 Å². The second-order valence-corrected chi connectivity index (χ2v) is 6.63. The van der Waals surface area contributed by atoms with E-state index in [0.717, 1.165) is 33.4 Å². The van der Waals surface area contributed by atoms with Crippen LogP contribution in [0.5, 0.6) is 11.5 Å². The van der Waals surface area contributed by atoms with Crippen LogP contribution in [0.15, 0.2) is 58.8 Å². The number of rotatable bonds is 4. The van der Waals surface area contributed by atoms with Gasteiger partial charge in [-0.2, -0.15) is 5.10 Å². The molecule has 1 aliphatic heterocycles. The summed E-state index contributed by atoms with van der Waals surface area (Å²) in [4.78, 5) is 7.88. The van der Waals surface area contributed by atoms with Gasteiger partial charge in [0, 0.05) is 34.5 Å². The Morgan fingerprint density at radius 2 is 1.92 bits per heavy atom. The first kappa shape index (κ1) is 16.5. The maximum Gasteiger partial charge on any atom is 0.182 e. The molecule has 0 unspecified atom stereocenters. The molecule has 0 amide bonds. The van der Waals surface area contributed by atoms with E-state index in [0.29, 0.717) is 11.5 Å². The molecule has 132 valence electrons. The normalized spacial score (nSPS) is 15.6. The summed E-state index contributed by atoms with van der Waals surface area (Å²) in [6.45, 7) is 0. The molecule has 0 bridgehead atoms. The minimum Gasteiger partial charge on any atom is -0.493 e. The van der Waals surface area contributed by atoms with Gasteiger partial charge >= 0.3 is 0 Å². The van der Waals surface area contributed by atoms with E-state index in [9.17, 15) is 0 Å². The number of hydrazone groups is 1. The van der Waals surface area contributed by atoms with Crippen molar-refractivity contribution in [1.29, 1.82) is 0 Å². The fourth-order valence-electron chi connectivity index (χ4n) is 2.83. The number of nitrogens with zero attached hydrogens (tertiary/aromatic N) is 2. The highest BCUT2D eigenvalue weighted by Crippen LogP contribution is 2.32. The second-order valence-electron chi connectivity index (χ2n) is 5.66. The number of fused-ring (bicyclic) bond motifs is 1. The zero-order valence-electron chi connectivity index (χ0n) is 14.4. The SMILES string of the molecule is COc1ccc(N=C2NN=C(c3c[nH]c4ccccc34)CS2)cc1OC. The molecule has 26 heavy (non-hydrogen) atoms. The van der Waals surface area contributed by atoms with Crippen LogP contribution in [-0.2, 0) is 0 Å². The maximum absolute atomic E-state index is 5.32.